The van der Waals surface area contributed by atoms with Gasteiger partial charge in [0.25, 0.3) is 0 Å². The predicted octanol–water partition coefficient (Wildman–Crippen LogP) is 10.1. The number of rotatable bonds is 22. The first kappa shape index (κ1) is 47.8. The van der Waals surface area contributed by atoms with E-state index in [1.165, 1.54) is 9.84 Å². The molecule has 1 aromatic rings. The van der Waals surface area contributed by atoms with E-state index in [-0.39, 0.29) is 6.04 Å². The van der Waals surface area contributed by atoms with E-state index in [0.29, 0.717) is 17.7 Å². The third kappa shape index (κ3) is 13.0. The minimum Gasteiger partial charge on any atom is -0.318 e. The highest BCUT2D eigenvalue weighted by Crippen LogP contribution is 2.53. The Hall–Kier alpha value is -1.19. The maximum Gasteiger partial charge on any atom is 0.478 e. The summed E-state index contributed by atoms with van der Waals surface area (Å²) in [5, 5.41) is 1.13. The van der Waals surface area contributed by atoms with Gasteiger partial charge < -0.3 is 4.90 Å². The van der Waals surface area contributed by atoms with Crippen LogP contribution in [-0.2, 0) is 19.2 Å². The number of nitrogens with zero attached hydrogens (tertiary/aromatic N) is 1. The number of amides is 1. The average molecular weight is 842 g/mol. The number of anilines is 1. The molecule has 5 nitrogen and oxygen atoms in total. The smallest absolute Gasteiger partial charge is 0.318 e. The predicted molar refractivity (Wildman–Crippen MR) is 184 cm³/mol. The van der Waals surface area contributed by atoms with E-state index in [0.717, 1.165) is 28.6 Å². The molecule has 1 rings (SSSR count). The van der Waals surface area contributed by atoms with Crippen molar-refractivity contribution in [3.8, 4) is 0 Å². The zero-order valence-electron chi connectivity index (χ0n) is 30.0. The number of alkyl halides is 11. The number of carbonyl (C=O) groups excluding carboxylic acids is 1. The molecule has 22 heteroatoms. The van der Waals surface area contributed by atoms with E-state index < -0.39 is 85.0 Å². The number of hydrogen-bond donors (Lipinski definition) is 0. The summed E-state index contributed by atoms with van der Waals surface area (Å²) in [6, 6.07) is 9.36. The monoisotopic (exact) mass is 841 g/mol. The molecule has 0 saturated carbocycles. The molecule has 0 aliphatic carbocycles. The van der Waals surface area contributed by atoms with E-state index in [1.54, 1.807) is 7.05 Å². The normalized spacial score (nSPS) is 16.1. The lowest BCUT2D eigenvalue weighted by atomic mass is 10.2. The van der Waals surface area contributed by atoms with E-state index in [4.69, 9.17) is 0 Å². The Morgan fingerprint density at radius 2 is 1.35 bits per heavy atom. The van der Waals surface area contributed by atoms with Gasteiger partial charge in [-0.25, -0.2) is 4.39 Å². The molecular formula is C29H47F12NO4Si5. The van der Waals surface area contributed by atoms with Gasteiger partial charge in [0.2, 0.25) is 12.8 Å². The molecule has 0 heterocycles. The molecule has 2 unspecified atom stereocenters. The van der Waals surface area contributed by atoms with Crippen molar-refractivity contribution in [2.75, 3.05) is 11.9 Å². The summed E-state index contributed by atoms with van der Waals surface area (Å²) in [6.07, 6.45) is -31.0. The molecule has 0 fully saturated rings. The third-order valence-corrected chi connectivity index (χ3v) is 33.9. The second kappa shape index (κ2) is 17.5. The second-order valence-electron chi connectivity index (χ2n) is 15.1. The van der Waals surface area contributed by atoms with Crippen molar-refractivity contribution in [3.05, 3.63) is 24.3 Å². The molecule has 296 valence electrons. The van der Waals surface area contributed by atoms with E-state index in [2.05, 4.69) is 35.7 Å². The number of hydrogen-bond acceptors (Lipinski definition) is 4. The topological polar surface area (TPSA) is 48.0 Å². The Balaban J connectivity index is 3.35. The third-order valence-electron chi connectivity index (χ3n) is 8.55. The van der Waals surface area contributed by atoms with Crippen LogP contribution < -0.4 is 10.1 Å². The second-order valence-corrected chi connectivity index (χ2v) is 37.4. The van der Waals surface area contributed by atoms with Crippen molar-refractivity contribution in [3.63, 3.8) is 0 Å². The van der Waals surface area contributed by atoms with E-state index in [9.17, 15) is 53.2 Å². The zero-order valence-corrected chi connectivity index (χ0v) is 35.0. The Morgan fingerprint density at radius 1 is 0.824 bits per heavy atom. The highest BCUT2D eigenvalue weighted by molar-refractivity contribution is 7.04. The molecule has 0 spiro atoms. The fourth-order valence-corrected chi connectivity index (χ4v) is 41.6. The van der Waals surface area contributed by atoms with Crippen LogP contribution >= 0.6 is 0 Å². The van der Waals surface area contributed by atoms with Crippen LogP contribution in [0.1, 0.15) is 6.42 Å². The van der Waals surface area contributed by atoms with Gasteiger partial charge in [-0.2, -0.15) is 43.9 Å². The van der Waals surface area contributed by atoms with Crippen LogP contribution in [0, 0.1) is 0 Å². The average Bonchev–Trinajstić information content (AvgIpc) is 2.96. The highest BCUT2D eigenvalue weighted by Gasteiger charge is 2.81. The first-order chi connectivity index (χ1) is 22.8. The molecule has 1 amide bonds. The van der Waals surface area contributed by atoms with Crippen LogP contribution in [0.2, 0.25) is 87.5 Å². The van der Waals surface area contributed by atoms with Crippen LogP contribution in [0.3, 0.4) is 0 Å². The standard InChI is InChI=1S/C29H47F12NO4Si5/c1-42(18-43)22-11-10-12-23(17-22)50(8,9)16-15-49(6,7)21-51(19-47(2)3,20-48(4)5)14-13-24(30)44-27(35,36)25(31,26(32,33)34)45-28(37,38)29(39,40)46-41/h10-12,17-18,24H,13-16,19-21H2,1-9H3. The molecule has 0 aliphatic heterocycles. The van der Waals surface area contributed by atoms with Crippen LogP contribution in [0.4, 0.5) is 58.5 Å². The van der Waals surface area contributed by atoms with Crippen LogP contribution in [-0.4, -0.2) is 92.0 Å². The van der Waals surface area contributed by atoms with Crippen molar-refractivity contribution in [1.82, 2.24) is 0 Å². The molecule has 0 bridgehead atoms. The Labute approximate surface area is 297 Å². The van der Waals surface area contributed by atoms with Gasteiger partial charge in [-0.05, 0) is 16.7 Å². The Kier molecular flexibility index (Phi) is 16.4. The summed E-state index contributed by atoms with van der Waals surface area (Å²) in [7, 11) is -7.24. The molecule has 0 aliphatic rings. The van der Waals surface area contributed by atoms with E-state index >= 15 is 4.39 Å². The summed E-state index contributed by atoms with van der Waals surface area (Å²) in [5.74, 6) is -7.04. The lowest BCUT2D eigenvalue weighted by Crippen LogP contribution is -2.64. The Bertz CT molecular complexity index is 1270. The van der Waals surface area contributed by atoms with Gasteiger partial charge in [0.15, 0.2) is 0 Å². The van der Waals surface area contributed by atoms with Crippen molar-refractivity contribution in [1.29, 1.82) is 0 Å². The summed E-state index contributed by atoms with van der Waals surface area (Å²) < 4.78 is 170. The van der Waals surface area contributed by atoms with Gasteiger partial charge in [0.1, 0.15) is 0 Å². The van der Waals surface area contributed by atoms with E-state index in [1.807, 2.05) is 50.5 Å². The zero-order chi connectivity index (χ0) is 40.1. The van der Waals surface area contributed by atoms with Crippen LogP contribution in [0.25, 0.3) is 0 Å². The fourth-order valence-electron chi connectivity index (χ4n) is 6.34. The molecule has 2 radical (unpaired) electrons. The number of carbonyl (C=O) groups is 1. The fraction of sp³-hybridized carbons (Fsp3) is 0.759. The lowest BCUT2D eigenvalue weighted by Gasteiger charge is -2.42. The summed E-state index contributed by atoms with van der Waals surface area (Å²) in [4.78, 5) is 14.3. The first-order valence-electron chi connectivity index (χ1n) is 15.9. The van der Waals surface area contributed by atoms with Crippen molar-refractivity contribution in [2.45, 2.75) is 131 Å². The molecular weight excluding hydrogens is 795 g/mol. The molecule has 51 heavy (non-hydrogen) atoms. The SMILES string of the molecule is CN(C=O)c1cccc([Si](C)(C)CC[Si](C)(C)C[Si](CCC(F)OC(F)(F)C(F)(OC(F)(F)C(F)(F)OF)C(F)(F)F)(C[Si](C)C)C[Si](C)C)c1. The molecule has 0 N–H and O–H groups in total. The van der Waals surface area contributed by atoms with Gasteiger partial charge in [0, 0.05) is 52.9 Å². The largest absolute Gasteiger partial charge is 0.478 e. The van der Waals surface area contributed by atoms with Crippen LogP contribution in [0.5, 0.6) is 0 Å². The van der Waals surface area contributed by atoms with Crippen molar-refractivity contribution >= 4 is 59.1 Å². The molecule has 0 aromatic heterocycles. The Morgan fingerprint density at radius 3 is 1.80 bits per heavy atom. The number of ether oxygens (including phenoxy) is 2. The first-order valence-corrected chi connectivity index (χ1v) is 30.8. The highest BCUT2D eigenvalue weighted by atomic mass is 28.4. The van der Waals surface area contributed by atoms with Gasteiger partial charge in [0.05, 0.1) is 8.07 Å². The summed E-state index contributed by atoms with van der Waals surface area (Å²) in [5.41, 5.74) is 2.87. The number of halogens is 12. The number of benzene rings is 1. The van der Waals surface area contributed by atoms with Gasteiger partial charge in [-0.3, -0.25) is 14.3 Å². The summed E-state index contributed by atoms with van der Waals surface area (Å²) >= 11 is 0. The minimum atomic E-state index is -7.19. The van der Waals surface area contributed by atoms with Crippen molar-refractivity contribution < 1.29 is 72.0 Å². The van der Waals surface area contributed by atoms with Gasteiger partial charge in [-0.15, -0.1) is 4.94 Å². The molecule has 1 aromatic carbocycles. The quantitative estimate of drug-likeness (QED) is 0.0663. The summed E-state index contributed by atoms with van der Waals surface area (Å²) in [6.45, 7) is 16.8. The van der Waals surface area contributed by atoms with Crippen LogP contribution in [0.15, 0.2) is 24.3 Å². The maximum atomic E-state index is 15.1. The van der Waals surface area contributed by atoms with Gasteiger partial charge >= 0.3 is 30.4 Å². The molecule has 2 atom stereocenters. The van der Waals surface area contributed by atoms with Gasteiger partial charge in [-0.1, -0.05) is 105 Å². The van der Waals surface area contributed by atoms with Crippen molar-refractivity contribution in [2.24, 2.45) is 0 Å². The lowest BCUT2D eigenvalue weighted by molar-refractivity contribution is -0.557. The molecule has 0 saturated heterocycles. The minimum absolute atomic E-state index is 0.0522. The maximum absolute atomic E-state index is 15.1.